The molecule has 92 valence electrons. The number of nitrogens with zero attached hydrogens (tertiary/aromatic N) is 2. The topological polar surface area (TPSA) is 58.9 Å². The number of rotatable bonds is 4. The van der Waals surface area contributed by atoms with Crippen LogP contribution in [0.4, 0.5) is 0 Å². The molecule has 0 bridgehead atoms. The van der Waals surface area contributed by atoms with E-state index < -0.39 is 6.17 Å². The zero-order valence-corrected chi connectivity index (χ0v) is 10.6. The predicted octanol–water partition coefficient (Wildman–Crippen LogP) is 3.01. The van der Waals surface area contributed by atoms with Gasteiger partial charge in [-0.05, 0) is 31.9 Å². The Hall–Kier alpha value is -2.28. The number of carbonyl (C=O) groups excluding carboxylic acids is 2. The average Bonchev–Trinajstić information content (AvgIpc) is 2.29. The van der Waals surface area contributed by atoms with Crippen molar-refractivity contribution in [2.24, 2.45) is 9.98 Å². The van der Waals surface area contributed by atoms with Gasteiger partial charge in [0, 0.05) is 5.56 Å². The molecule has 0 saturated carbocycles. The summed E-state index contributed by atoms with van der Waals surface area (Å²) in [6.45, 7) is 5.76. The molecule has 0 aromatic heterocycles. The Morgan fingerprint density at radius 1 is 1.17 bits per heavy atom. The molecule has 0 spiro atoms. The maximum Gasteiger partial charge on any atom is 0.237 e. The van der Waals surface area contributed by atoms with Crippen LogP contribution in [0.25, 0.3) is 6.08 Å². The minimum Gasteiger partial charge on any atom is -0.211 e. The molecule has 0 aliphatic rings. The molecule has 0 saturated heterocycles. The highest BCUT2D eigenvalue weighted by atomic mass is 16.1. The van der Waals surface area contributed by atoms with Crippen molar-refractivity contribution in [1.29, 1.82) is 0 Å². The number of benzene rings is 1. The van der Waals surface area contributed by atoms with Gasteiger partial charge in [-0.25, -0.2) is 9.59 Å². The first-order chi connectivity index (χ1) is 8.63. The lowest BCUT2D eigenvalue weighted by molar-refractivity contribution is 0.551. The van der Waals surface area contributed by atoms with E-state index in [1.165, 1.54) is 12.2 Å². The molecule has 1 aromatic carbocycles. The van der Waals surface area contributed by atoms with Crippen molar-refractivity contribution in [3.63, 3.8) is 0 Å². The maximum atomic E-state index is 10.4. The van der Waals surface area contributed by atoms with E-state index in [2.05, 4.69) is 9.98 Å². The normalized spacial score (nSPS) is 11.7. The summed E-state index contributed by atoms with van der Waals surface area (Å²) in [5.41, 5.74) is 3.63. The molecule has 4 nitrogen and oxygen atoms in total. The Bertz CT molecular complexity index is 545. The Morgan fingerprint density at radius 3 is 2.28 bits per heavy atom. The first-order valence-electron chi connectivity index (χ1n) is 5.51. The summed E-state index contributed by atoms with van der Waals surface area (Å²) in [4.78, 5) is 27.9. The Morgan fingerprint density at radius 2 is 1.78 bits per heavy atom. The molecule has 0 N–H and O–H groups in total. The Balaban J connectivity index is 3.53. The van der Waals surface area contributed by atoms with Crippen molar-refractivity contribution in [2.45, 2.75) is 26.9 Å². The second-order valence-electron chi connectivity index (χ2n) is 3.90. The Labute approximate surface area is 106 Å². The van der Waals surface area contributed by atoms with Gasteiger partial charge < -0.3 is 0 Å². The Kier molecular flexibility index (Phi) is 4.94. The van der Waals surface area contributed by atoms with Gasteiger partial charge in [0.2, 0.25) is 12.2 Å². The maximum absolute atomic E-state index is 10.4. The van der Waals surface area contributed by atoms with Crippen LogP contribution in [0.3, 0.4) is 0 Å². The first-order valence-corrected chi connectivity index (χ1v) is 5.51. The van der Waals surface area contributed by atoms with Gasteiger partial charge in [0.15, 0.2) is 6.17 Å². The number of aryl methyl sites for hydroxylation is 2. The lowest BCUT2D eigenvalue weighted by Crippen LogP contribution is -2.00. The van der Waals surface area contributed by atoms with E-state index >= 15 is 0 Å². The van der Waals surface area contributed by atoms with E-state index in [-0.39, 0.29) is 0 Å². The van der Waals surface area contributed by atoms with Crippen molar-refractivity contribution >= 4 is 18.2 Å². The molecule has 0 amide bonds. The van der Waals surface area contributed by atoms with E-state index in [1.807, 2.05) is 45.1 Å². The van der Waals surface area contributed by atoms with E-state index in [1.54, 1.807) is 0 Å². The van der Waals surface area contributed by atoms with E-state index in [9.17, 15) is 9.59 Å². The van der Waals surface area contributed by atoms with Crippen molar-refractivity contribution in [1.82, 2.24) is 0 Å². The van der Waals surface area contributed by atoms with Gasteiger partial charge in [-0.2, -0.15) is 9.98 Å². The molecule has 18 heavy (non-hydrogen) atoms. The van der Waals surface area contributed by atoms with Crippen LogP contribution in [-0.2, 0) is 9.59 Å². The smallest absolute Gasteiger partial charge is 0.211 e. The summed E-state index contributed by atoms with van der Waals surface area (Å²) in [5.74, 6) is 0. The molecule has 0 unspecified atom stereocenters. The standard InChI is InChI=1S/C14H14N2O2/c1-4-5-12-7-10(2)6-11(3)13(12)14(15-8-17)16-9-18/h4-7,14H,1-3H3. The molecular formula is C14H14N2O2. The van der Waals surface area contributed by atoms with E-state index in [4.69, 9.17) is 0 Å². The lowest BCUT2D eigenvalue weighted by Gasteiger charge is -2.13. The zero-order chi connectivity index (χ0) is 13.5. The van der Waals surface area contributed by atoms with Crippen LogP contribution in [0, 0.1) is 13.8 Å². The summed E-state index contributed by atoms with van der Waals surface area (Å²) in [6.07, 6.45) is 5.78. The number of isocyanates is 2. The lowest BCUT2D eigenvalue weighted by atomic mass is 9.96. The second-order valence-corrected chi connectivity index (χ2v) is 3.90. The average molecular weight is 242 g/mol. The number of aliphatic imine (C=N–C) groups is 2. The SMILES string of the molecule is CC=Cc1cc(C)cc(C)c1C(N=C=O)N=C=O. The molecule has 1 rings (SSSR count). The van der Waals surface area contributed by atoms with Crippen LogP contribution in [0.15, 0.2) is 28.2 Å². The van der Waals surface area contributed by atoms with Gasteiger partial charge >= 0.3 is 0 Å². The fourth-order valence-corrected chi connectivity index (χ4v) is 1.94. The van der Waals surface area contributed by atoms with Crippen LogP contribution in [0.5, 0.6) is 0 Å². The largest absolute Gasteiger partial charge is 0.237 e. The fourth-order valence-electron chi connectivity index (χ4n) is 1.94. The van der Waals surface area contributed by atoms with Gasteiger partial charge in [-0.3, -0.25) is 0 Å². The van der Waals surface area contributed by atoms with Crippen molar-refractivity contribution in [3.8, 4) is 0 Å². The van der Waals surface area contributed by atoms with Gasteiger partial charge in [-0.1, -0.05) is 29.8 Å². The highest BCUT2D eigenvalue weighted by Gasteiger charge is 2.15. The second kappa shape index (κ2) is 6.45. The minimum absolute atomic E-state index is 0.727. The third kappa shape index (κ3) is 3.11. The number of hydrogen-bond donors (Lipinski definition) is 0. The number of allylic oxidation sites excluding steroid dienone is 1. The summed E-state index contributed by atoms with van der Waals surface area (Å²) >= 11 is 0. The van der Waals surface area contributed by atoms with E-state index in [0.717, 1.165) is 22.3 Å². The van der Waals surface area contributed by atoms with Gasteiger partial charge in [-0.15, -0.1) is 0 Å². The highest BCUT2D eigenvalue weighted by molar-refractivity contribution is 5.59. The fraction of sp³-hybridized carbons (Fsp3) is 0.286. The molecule has 0 radical (unpaired) electrons. The van der Waals surface area contributed by atoms with Crippen molar-refractivity contribution < 1.29 is 9.59 Å². The van der Waals surface area contributed by atoms with Crippen LogP contribution >= 0.6 is 0 Å². The van der Waals surface area contributed by atoms with Gasteiger partial charge in [0.25, 0.3) is 0 Å². The van der Waals surface area contributed by atoms with Crippen LogP contribution < -0.4 is 0 Å². The van der Waals surface area contributed by atoms with Crippen molar-refractivity contribution in [2.75, 3.05) is 0 Å². The molecule has 0 heterocycles. The third-order valence-corrected chi connectivity index (χ3v) is 2.52. The van der Waals surface area contributed by atoms with Crippen LogP contribution in [-0.4, -0.2) is 12.2 Å². The summed E-state index contributed by atoms with van der Waals surface area (Å²) in [5, 5.41) is 0. The number of hydrogen-bond acceptors (Lipinski definition) is 4. The van der Waals surface area contributed by atoms with E-state index in [0.29, 0.717) is 0 Å². The molecule has 0 aliphatic carbocycles. The van der Waals surface area contributed by atoms with Crippen LogP contribution in [0.1, 0.15) is 35.3 Å². The molecule has 0 atom stereocenters. The first kappa shape index (κ1) is 13.8. The quantitative estimate of drug-likeness (QED) is 0.602. The van der Waals surface area contributed by atoms with Gasteiger partial charge in [0.05, 0.1) is 0 Å². The minimum atomic E-state index is -0.869. The monoisotopic (exact) mass is 242 g/mol. The summed E-state index contributed by atoms with van der Waals surface area (Å²) < 4.78 is 0. The zero-order valence-electron chi connectivity index (χ0n) is 10.6. The van der Waals surface area contributed by atoms with Crippen molar-refractivity contribution in [3.05, 3.63) is 40.5 Å². The van der Waals surface area contributed by atoms with Crippen LogP contribution in [0.2, 0.25) is 0 Å². The highest BCUT2D eigenvalue weighted by Crippen LogP contribution is 2.28. The molecule has 4 heteroatoms. The third-order valence-electron chi connectivity index (χ3n) is 2.52. The summed E-state index contributed by atoms with van der Waals surface area (Å²) in [7, 11) is 0. The molecular weight excluding hydrogens is 228 g/mol. The summed E-state index contributed by atoms with van der Waals surface area (Å²) in [6, 6.07) is 3.91. The predicted molar refractivity (Wildman–Crippen MR) is 69.6 cm³/mol. The van der Waals surface area contributed by atoms with Gasteiger partial charge in [0.1, 0.15) is 0 Å². The molecule has 0 aliphatic heterocycles. The molecule has 0 fully saturated rings. The molecule has 1 aromatic rings.